The summed E-state index contributed by atoms with van der Waals surface area (Å²) in [5, 5.41) is 20.2. The van der Waals surface area contributed by atoms with Crippen molar-refractivity contribution in [1.29, 1.82) is 0 Å². The minimum Gasteiger partial charge on any atom is -0.478 e. The number of nitrogens with zero attached hydrogens (tertiary/aromatic N) is 1. The van der Waals surface area contributed by atoms with Crippen LogP contribution in [0.4, 0.5) is 4.39 Å². The van der Waals surface area contributed by atoms with Gasteiger partial charge in [0.1, 0.15) is 5.82 Å². The molecule has 0 spiro atoms. The van der Waals surface area contributed by atoms with Crippen LogP contribution in [0.15, 0.2) is 36.4 Å². The molecule has 10 heteroatoms. The Morgan fingerprint density at radius 1 is 1.12 bits per heavy atom. The summed E-state index contributed by atoms with van der Waals surface area (Å²) in [5.74, 6) is -1.99. The summed E-state index contributed by atoms with van der Waals surface area (Å²) in [6, 6.07) is 7.98. The lowest BCUT2D eigenvalue weighted by molar-refractivity contribution is -0.138. The van der Waals surface area contributed by atoms with E-state index in [9.17, 15) is 23.9 Å². The number of piperidine rings is 1. The van der Waals surface area contributed by atoms with Crippen molar-refractivity contribution in [2.24, 2.45) is 5.41 Å². The second-order valence-corrected chi connectivity index (χ2v) is 12.2. The number of rotatable bonds is 8. The molecule has 2 heterocycles. The molecular weight excluding hydrogens is 535 g/mol. The minimum absolute atomic E-state index is 0.0223. The summed E-state index contributed by atoms with van der Waals surface area (Å²) in [6.45, 7) is 9.14. The quantitative estimate of drug-likeness (QED) is 0.383. The molecule has 40 heavy (non-hydrogen) atoms. The molecule has 4 N–H and O–H groups in total. The van der Waals surface area contributed by atoms with Crippen molar-refractivity contribution < 1.29 is 23.9 Å². The van der Waals surface area contributed by atoms with Crippen molar-refractivity contribution in [3.05, 3.63) is 58.4 Å². The molecule has 0 radical (unpaired) electrons. The van der Waals surface area contributed by atoms with E-state index in [1.54, 1.807) is 17.0 Å². The summed E-state index contributed by atoms with van der Waals surface area (Å²) in [4.78, 5) is 40.9. The van der Waals surface area contributed by atoms with Crippen molar-refractivity contribution in [2.75, 3.05) is 32.7 Å². The smallest absolute Gasteiger partial charge is 0.335 e. The Bertz CT molecular complexity index is 1260. The first-order chi connectivity index (χ1) is 18.9. The highest BCUT2D eigenvalue weighted by atomic mass is 35.5. The number of piperazine rings is 1. The van der Waals surface area contributed by atoms with Crippen LogP contribution in [-0.2, 0) is 16.0 Å². The number of carboxylic acids is 1. The molecule has 2 aromatic carbocycles. The molecule has 8 nitrogen and oxygen atoms in total. The first-order valence-corrected chi connectivity index (χ1v) is 14.1. The van der Waals surface area contributed by atoms with E-state index in [2.05, 4.69) is 16.0 Å². The Kier molecular flexibility index (Phi) is 9.61. The second-order valence-electron chi connectivity index (χ2n) is 11.7. The number of benzene rings is 2. The van der Waals surface area contributed by atoms with E-state index >= 15 is 0 Å². The number of hydrogen-bond donors (Lipinski definition) is 4. The predicted octanol–water partition coefficient (Wildman–Crippen LogP) is 3.51. The van der Waals surface area contributed by atoms with Crippen LogP contribution < -0.4 is 16.0 Å². The van der Waals surface area contributed by atoms with Gasteiger partial charge in [0.25, 0.3) is 0 Å². The highest BCUT2D eigenvalue weighted by molar-refractivity contribution is 6.30. The normalized spacial score (nSPS) is 19.3. The number of aromatic carboxylic acids is 1. The van der Waals surface area contributed by atoms with Gasteiger partial charge >= 0.3 is 5.97 Å². The van der Waals surface area contributed by atoms with Crippen molar-refractivity contribution in [2.45, 2.75) is 58.2 Å². The number of amides is 1. The number of halogens is 2. The topological polar surface area (TPSA) is 111 Å². The zero-order valence-corrected chi connectivity index (χ0v) is 24.0. The van der Waals surface area contributed by atoms with Crippen LogP contribution in [0.3, 0.4) is 0 Å². The summed E-state index contributed by atoms with van der Waals surface area (Å²) in [5.41, 5.74) is 0.557. The fourth-order valence-corrected chi connectivity index (χ4v) is 5.55. The Balaban J connectivity index is 1.47. The van der Waals surface area contributed by atoms with Crippen LogP contribution in [-0.4, -0.2) is 78.5 Å². The zero-order valence-electron chi connectivity index (χ0n) is 23.2. The number of Topliss-reactive ketones (excluding diaryl/α,β-unsaturated/α-hetero) is 1. The molecule has 4 rings (SSSR count). The predicted molar refractivity (Wildman–Crippen MR) is 153 cm³/mol. The lowest BCUT2D eigenvalue weighted by atomic mass is 9.84. The Morgan fingerprint density at radius 3 is 2.50 bits per heavy atom. The first kappa shape index (κ1) is 30.1. The van der Waals surface area contributed by atoms with Crippen molar-refractivity contribution in [1.82, 2.24) is 20.9 Å². The summed E-state index contributed by atoms with van der Waals surface area (Å²) >= 11 is 5.85. The van der Waals surface area contributed by atoms with Gasteiger partial charge in [-0.05, 0) is 66.7 Å². The molecule has 1 amide bonds. The van der Waals surface area contributed by atoms with Gasteiger partial charge in [0, 0.05) is 42.7 Å². The number of carboxylic acid groups (broad SMARTS) is 1. The number of carbonyl (C=O) groups excluding carboxylic acids is 2. The maximum Gasteiger partial charge on any atom is 0.335 e. The zero-order chi connectivity index (χ0) is 29.0. The molecule has 2 aliphatic heterocycles. The van der Waals surface area contributed by atoms with Gasteiger partial charge in [-0.1, -0.05) is 44.5 Å². The van der Waals surface area contributed by atoms with E-state index in [-0.39, 0.29) is 58.3 Å². The van der Waals surface area contributed by atoms with Gasteiger partial charge in [0.2, 0.25) is 5.91 Å². The van der Waals surface area contributed by atoms with Gasteiger partial charge < -0.3 is 26.0 Å². The lowest BCUT2D eigenvalue weighted by Crippen LogP contribution is -2.62. The average molecular weight is 573 g/mol. The van der Waals surface area contributed by atoms with Gasteiger partial charge in [0.15, 0.2) is 5.78 Å². The summed E-state index contributed by atoms with van der Waals surface area (Å²) in [6.07, 6.45) is 1.79. The molecule has 2 aromatic rings. The first-order valence-electron chi connectivity index (χ1n) is 13.8. The fraction of sp³-hybridized carbons (Fsp3) is 0.500. The minimum atomic E-state index is -1.20. The third-order valence-corrected chi connectivity index (χ3v) is 7.91. The largest absolute Gasteiger partial charge is 0.478 e. The fourth-order valence-electron chi connectivity index (χ4n) is 5.40. The van der Waals surface area contributed by atoms with Crippen molar-refractivity contribution in [3.8, 4) is 11.1 Å². The van der Waals surface area contributed by atoms with Crippen LogP contribution in [0.1, 0.15) is 49.5 Å². The number of ketones is 1. The highest BCUT2D eigenvalue weighted by Gasteiger charge is 2.38. The van der Waals surface area contributed by atoms with Crippen LogP contribution in [0.25, 0.3) is 11.1 Å². The van der Waals surface area contributed by atoms with Gasteiger partial charge in [-0.3, -0.25) is 9.59 Å². The van der Waals surface area contributed by atoms with E-state index in [4.69, 9.17) is 11.6 Å². The standard InChI is InChI=1S/C30H38ClFN4O4/c1-30(2,3)27(35-21-8-10-33-11-9-21)28(38)36-13-12-34-25(17-36)26(37)15-19-5-4-18(14-23(19)29(39)40)22-7-6-20(31)16-24(22)32/h4-7,14,16,21,25,27,33-35H,8-13,15,17H2,1-3H3,(H,39,40)/t25-,27-/m1/s1. The SMILES string of the molecule is CC(C)(C)[C@H](NC1CCNCC1)C(=O)N1CCN[C@@H](C(=O)Cc2ccc(-c3ccc(Cl)cc3F)cc2C(=O)O)C1. The van der Waals surface area contributed by atoms with Gasteiger partial charge in [-0.2, -0.15) is 0 Å². The molecule has 0 unspecified atom stereocenters. The van der Waals surface area contributed by atoms with E-state index in [1.165, 1.54) is 24.3 Å². The molecule has 0 aromatic heterocycles. The number of carbonyl (C=O) groups is 3. The molecule has 216 valence electrons. The number of hydrogen-bond acceptors (Lipinski definition) is 6. The van der Waals surface area contributed by atoms with Gasteiger partial charge in [0.05, 0.1) is 17.6 Å². The summed E-state index contributed by atoms with van der Waals surface area (Å²) in [7, 11) is 0. The number of nitrogens with one attached hydrogen (secondary N) is 3. The molecule has 2 aliphatic rings. The Morgan fingerprint density at radius 2 is 1.85 bits per heavy atom. The molecule has 0 bridgehead atoms. The van der Waals surface area contributed by atoms with E-state index in [0.717, 1.165) is 25.9 Å². The third-order valence-electron chi connectivity index (χ3n) is 7.68. The highest BCUT2D eigenvalue weighted by Crippen LogP contribution is 2.28. The van der Waals surface area contributed by atoms with Gasteiger partial charge in [-0.25, -0.2) is 9.18 Å². The van der Waals surface area contributed by atoms with Crippen molar-refractivity contribution >= 4 is 29.3 Å². The van der Waals surface area contributed by atoms with Crippen LogP contribution in [0.5, 0.6) is 0 Å². The van der Waals surface area contributed by atoms with E-state index < -0.39 is 17.8 Å². The molecule has 2 atom stereocenters. The summed E-state index contributed by atoms with van der Waals surface area (Å²) < 4.78 is 14.5. The molecular formula is C30H38ClFN4O4. The molecule has 0 aliphatic carbocycles. The Labute approximate surface area is 239 Å². The average Bonchev–Trinajstić information content (AvgIpc) is 2.91. The molecule has 2 saturated heterocycles. The van der Waals surface area contributed by atoms with Crippen LogP contribution in [0.2, 0.25) is 5.02 Å². The third kappa shape index (κ3) is 7.26. The maximum atomic E-state index is 14.5. The molecule has 2 fully saturated rings. The van der Waals surface area contributed by atoms with Crippen LogP contribution >= 0.6 is 11.6 Å². The Hall–Kier alpha value is -2.85. The second kappa shape index (κ2) is 12.8. The lowest BCUT2D eigenvalue weighted by Gasteiger charge is -2.41. The monoisotopic (exact) mass is 572 g/mol. The van der Waals surface area contributed by atoms with Gasteiger partial charge in [-0.15, -0.1) is 0 Å². The molecule has 0 saturated carbocycles. The van der Waals surface area contributed by atoms with Crippen LogP contribution in [0, 0.1) is 11.2 Å². The van der Waals surface area contributed by atoms with E-state index in [0.29, 0.717) is 24.2 Å². The maximum absolute atomic E-state index is 14.5. The van der Waals surface area contributed by atoms with Crippen molar-refractivity contribution in [3.63, 3.8) is 0 Å². The van der Waals surface area contributed by atoms with E-state index in [1.807, 2.05) is 20.8 Å².